The van der Waals surface area contributed by atoms with Gasteiger partial charge in [-0.2, -0.15) is 0 Å². The van der Waals surface area contributed by atoms with Crippen LogP contribution in [0.2, 0.25) is 0 Å². The second-order valence-electron chi connectivity index (χ2n) is 4.34. The number of nitrogens with one attached hydrogen (secondary N) is 2. The lowest BCUT2D eigenvalue weighted by Crippen LogP contribution is -2.49. The summed E-state index contributed by atoms with van der Waals surface area (Å²) >= 11 is 0. The molecule has 2 atom stereocenters. The third-order valence-electron chi connectivity index (χ3n) is 2.54. The van der Waals surface area contributed by atoms with Gasteiger partial charge in [-0.1, -0.05) is 31.9 Å². The van der Waals surface area contributed by atoms with E-state index in [2.05, 4.69) is 10.6 Å². The molecule has 0 saturated carbocycles. The smallest absolute Gasteiger partial charge is 0.326 e. The molecular formula is C12H22N2O3. The van der Waals surface area contributed by atoms with Gasteiger partial charge in [-0.15, -0.1) is 0 Å². The predicted molar refractivity (Wildman–Crippen MR) is 66.8 cm³/mol. The lowest BCUT2D eigenvalue weighted by atomic mass is 9.99. The van der Waals surface area contributed by atoms with Crippen molar-refractivity contribution in [2.45, 2.75) is 40.2 Å². The van der Waals surface area contributed by atoms with E-state index < -0.39 is 18.0 Å². The van der Waals surface area contributed by atoms with Crippen LogP contribution in [0, 0.1) is 5.92 Å². The van der Waals surface area contributed by atoms with Crippen LogP contribution in [0.5, 0.6) is 0 Å². The van der Waals surface area contributed by atoms with Crippen molar-refractivity contribution in [3.63, 3.8) is 0 Å². The van der Waals surface area contributed by atoms with Crippen molar-refractivity contribution < 1.29 is 14.7 Å². The maximum absolute atomic E-state index is 11.4. The second-order valence-corrected chi connectivity index (χ2v) is 4.34. The number of allylic oxidation sites excluding steroid dienone is 1. The van der Waals surface area contributed by atoms with Crippen LogP contribution in [0.1, 0.15) is 34.1 Å². The first-order valence-corrected chi connectivity index (χ1v) is 5.79. The molecule has 0 aliphatic rings. The number of rotatable bonds is 6. The van der Waals surface area contributed by atoms with Crippen LogP contribution in [0.3, 0.4) is 0 Å². The summed E-state index contributed by atoms with van der Waals surface area (Å²) in [5.41, 5.74) is 1.10. The van der Waals surface area contributed by atoms with Gasteiger partial charge in [0.1, 0.15) is 6.04 Å². The first kappa shape index (κ1) is 15.5. The van der Waals surface area contributed by atoms with Gasteiger partial charge in [-0.25, -0.2) is 9.59 Å². The second kappa shape index (κ2) is 7.70. The lowest BCUT2D eigenvalue weighted by Gasteiger charge is -2.20. The molecule has 0 saturated heterocycles. The monoisotopic (exact) mass is 242 g/mol. The summed E-state index contributed by atoms with van der Waals surface area (Å²) < 4.78 is 0. The maximum atomic E-state index is 11.4. The summed E-state index contributed by atoms with van der Waals surface area (Å²) in [6.07, 6.45) is 2.56. The van der Waals surface area contributed by atoms with E-state index in [1.807, 2.05) is 26.8 Å². The number of amides is 2. The Morgan fingerprint density at radius 3 is 2.35 bits per heavy atom. The molecule has 0 spiro atoms. The van der Waals surface area contributed by atoms with Crippen molar-refractivity contribution in [1.29, 1.82) is 0 Å². The molecule has 3 N–H and O–H groups in total. The number of carbonyl (C=O) groups is 2. The average Bonchev–Trinajstić information content (AvgIpc) is 2.24. The fourth-order valence-corrected chi connectivity index (χ4v) is 1.22. The SMILES string of the molecule is CC[C@H](C)[C@H](NC(=O)NCC=C(C)C)C(=O)O. The summed E-state index contributed by atoms with van der Waals surface area (Å²) in [6.45, 7) is 7.96. The molecule has 0 fully saturated rings. The number of carboxylic acid groups (broad SMARTS) is 1. The lowest BCUT2D eigenvalue weighted by molar-refractivity contribution is -0.140. The molecule has 5 heteroatoms. The Bertz CT molecular complexity index is 296. The summed E-state index contributed by atoms with van der Waals surface area (Å²) in [4.78, 5) is 22.4. The summed E-state index contributed by atoms with van der Waals surface area (Å²) in [7, 11) is 0. The Labute approximate surface area is 102 Å². The van der Waals surface area contributed by atoms with Crippen LogP contribution in [-0.4, -0.2) is 29.7 Å². The standard InChI is InChI=1S/C12H22N2O3/c1-5-9(4)10(11(15)16)14-12(17)13-7-6-8(2)3/h6,9-10H,5,7H2,1-4H3,(H,15,16)(H2,13,14,17)/t9-,10-/m0/s1. The molecule has 5 nitrogen and oxygen atoms in total. The molecule has 0 rings (SSSR count). The van der Waals surface area contributed by atoms with Gasteiger partial charge in [0.2, 0.25) is 0 Å². The van der Waals surface area contributed by atoms with Gasteiger partial charge in [0, 0.05) is 6.54 Å². The molecule has 0 aromatic rings. The number of urea groups is 1. The molecule has 0 bridgehead atoms. The highest BCUT2D eigenvalue weighted by Crippen LogP contribution is 2.07. The quantitative estimate of drug-likeness (QED) is 0.621. The Balaban J connectivity index is 4.23. The van der Waals surface area contributed by atoms with Gasteiger partial charge in [-0.05, 0) is 19.8 Å². The zero-order valence-electron chi connectivity index (χ0n) is 10.9. The number of hydrogen-bond acceptors (Lipinski definition) is 2. The number of carbonyl (C=O) groups excluding carboxylic acids is 1. The average molecular weight is 242 g/mol. The number of aliphatic carboxylic acids is 1. The largest absolute Gasteiger partial charge is 0.480 e. The predicted octanol–water partition coefficient (Wildman–Crippen LogP) is 1.75. The van der Waals surface area contributed by atoms with Crippen molar-refractivity contribution in [2.75, 3.05) is 6.54 Å². The van der Waals surface area contributed by atoms with Gasteiger partial charge in [0.05, 0.1) is 0 Å². The van der Waals surface area contributed by atoms with Gasteiger partial charge in [-0.3, -0.25) is 0 Å². The van der Waals surface area contributed by atoms with E-state index in [0.29, 0.717) is 13.0 Å². The summed E-state index contributed by atoms with van der Waals surface area (Å²) in [5, 5.41) is 14.0. The topological polar surface area (TPSA) is 78.4 Å². The third kappa shape index (κ3) is 6.60. The van der Waals surface area contributed by atoms with Crippen LogP contribution < -0.4 is 10.6 Å². The van der Waals surface area contributed by atoms with E-state index in [1.54, 1.807) is 6.92 Å². The van der Waals surface area contributed by atoms with E-state index in [0.717, 1.165) is 5.57 Å². The molecule has 0 aromatic carbocycles. The highest BCUT2D eigenvalue weighted by Gasteiger charge is 2.24. The third-order valence-corrected chi connectivity index (χ3v) is 2.54. The molecule has 2 amide bonds. The van der Waals surface area contributed by atoms with Gasteiger partial charge < -0.3 is 15.7 Å². The molecule has 0 unspecified atom stereocenters. The minimum Gasteiger partial charge on any atom is -0.480 e. The molecule has 0 aromatic heterocycles. The van der Waals surface area contributed by atoms with Gasteiger partial charge >= 0.3 is 12.0 Å². The molecule has 0 radical (unpaired) electrons. The van der Waals surface area contributed by atoms with Crippen molar-refractivity contribution in [3.05, 3.63) is 11.6 Å². The molecular weight excluding hydrogens is 220 g/mol. The molecule has 17 heavy (non-hydrogen) atoms. The maximum Gasteiger partial charge on any atom is 0.326 e. The fourth-order valence-electron chi connectivity index (χ4n) is 1.22. The molecule has 0 aliphatic heterocycles. The Morgan fingerprint density at radius 1 is 1.35 bits per heavy atom. The van der Waals surface area contributed by atoms with Crippen molar-refractivity contribution in [1.82, 2.24) is 10.6 Å². The first-order chi connectivity index (χ1) is 7.88. The van der Waals surface area contributed by atoms with Crippen LogP contribution in [0.15, 0.2) is 11.6 Å². The fraction of sp³-hybridized carbons (Fsp3) is 0.667. The Kier molecular flexibility index (Phi) is 7.02. The minimum atomic E-state index is -1.00. The normalized spacial score (nSPS) is 13.4. The molecule has 0 aliphatic carbocycles. The van der Waals surface area contributed by atoms with E-state index >= 15 is 0 Å². The van der Waals surface area contributed by atoms with Gasteiger partial charge in [0.25, 0.3) is 0 Å². The van der Waals surface area contributed by atoms with Crippen molar-refractivity contribution in [2.24, 2.45) is 5.92 Å². The minimum absolute atomic E-state index is 0.0956. The highest BCUT2D eigenvalue weighted by molar-refractivity contribution is 5.82. The van der Waals surface area contributed by atoms with Crippen LogP contribution >= 0.6 is 0 Å². The zero-order chi connectivity index (χ0) is 13.4. The van der Waals surface area contributed by atoms with Crippen molar-refractivity contribution >= 4 is 12.0 Å². The van der Waals surface area contributed by atoms with Crippen LogP contribution in [0.25, 0.3) is 0 Å². The van der Waals surface area contributed by atoms with Crippen LogP contribution in [0.4, 0.5) is 4.79 Å². The van der Waals surface area contributed by atoms with E-state index in [-0.39, 0.29) is 5.92 Å². The highest BCUT2D eigenvalue weighted by atomic mass is 16.4. The molecule has 98 valence electrons. The zero-order valence-corrected chi connectivity index (χ0v) is 10.9. The van der Waals surface area contributed by atoms with Crippen molar-refractivity contribution in [3.8, 4) is 0 Å². The number of carboxylic acids is 1. The first-order valence-electron chi connectivity index (χ1n) is 5.79. The summed E-state index contributed by atoms with van der Waals surface area (Å²) in [6, 6.07) is -1.29. The van der Waals surface area contributed by atoms with Gasteiger partial charge in [0.15, 0.2) is 0 Å². The van der Waals surface area contributed by atoms with E-state index in [4.69, 9.17) is 5.11 Å². The molecule has 0 heterocycles. The number of hydrogen-bond donors (Lipinski definition) is 3. The summed E-state index contributed by atoms with van der Waals surface area (Å²) in [5.74, 6) is -1.10. The van der Waals surface area contributed by atoms with E-state index in [1.165, 1.54) is 0 Å². The van der Waals surface area contributed by atoms with E-state index in [9.17, 15) is 9.59 Å². The Hall–Kier alpha value is -1.52. The van der Waals surface area contributed by atoms with Crippen LogP contribution in [-0.2, 0) is 4.79 Å². The Morgan fingerprint density at radius 2 is 1.94 bits per heavy atom.